The molecule has 2 aliphatic rings. The van der Waals surface area contributed by atoms with Crippen LogP contribution in [0.2, 0.25) is 0 Å². The number of carbonyl (C=O) groups is 1. The van der Waals surface area contributed by atoms with Crippen LogP contribution in [-0.2, 0) is 19.4 Å². The van der Waals surface area contributed by atoms with Crippen molar-refractivity contribution >= 4 is 15.7 Å². The molecule has 0 aromatic heterocycles. The Bertz CT molecular complexity index is 683. The summed E-state index contributed by atoms with van der Waals surface area (Å²) in [5.74, 6) is -0.567. The smallest absolute Gasteiger partial charge is 0.244 e. The average molecular weight is 323 g/mol. The van der Waals surface area contributed by atoms with Crippen molar-refractivity contribution in [2.24, 2.45) is 5.92 Å². The maximum absolute atomic E-state index is 13.0. The fourth-order valence-electron chi connectivity index (χ4n) is 3.70. The van der Waals surface area contributed by atoms with Crippen molar-refractivity contribution in [1.82, 2.24) is 4.90 Å². The fourth-order valence-corrected chi connectivity index (χ4v) is 5.75. The second-order valence-corrected chi connectivity index (χ2v) is 8.45. The summed E-state index contributed by atoms with van der Waals surface area (Å²) >= 11 is 0. The predicted molar refractivity (Wildman–Crippen MR) is 81.9 cm³/mol. The Morgan fingerprint density at radius 3 is 2.50 bits per heavy atom. The normalized spacial score (nSPS) is 30.6. The number of ether oxygens (including phenoxy) is 1. The molecule has 2 fully saturated rings. The Morgan fingerprint density at radius 1 is 1.27 bits per heavy atom. The van der Waals surface area contributed by atoms with E-state index < -0.39 is 20.8 Å². The van der Waals surface area contributed by atoms with Crippen LogP contribution in [0.4, 0.5) is 0 Å². The van der Waals surface area contributed by atoms with Crippen LogP contribution in [0.25, 0.3) is 0 Å². The summed E-state index contributed by atoms with van der Waals surface area (Å²) in [6.07, 6.45) is 0.628. The summed E-state index contributed by atoms with van der Waals surface area (Å²) in [5, 5.41) is -1.01. The Kier molecular flexibility index (Phi) is 3.57. The zero-order valence-electron chi connectivity index (χ0n) is 13.0. The van der Waals surface area contributed by atoms with Crippen molar-refractivity contribution < 1.29 is 17.9 Å². The van der Waals surface area contributed by atoms with Gasteiger partial charge in [-0.2, -0.15) is 0 Å². The summed E-state index contributed by atoms with van der Waals surface area (Å²) in [4.78, 5) is 14.7. The molecule has 1 aromatic carbocycles. The molecule has 2 heterocycles. The van der Waals surface area contributed by atoms with E-state index in [0.717, 1.165) is 0 Å². The van der Waals surface area contributed by atoms with Crippen molar-refractivity contribution in [1.29, 1.82) is 0 Å². The van der Waals surface area contributed by atoms with E-state index in [1.54, 1.807) is 35.2 Å². The highest BCUT2D eigenvalue weighted by molar-refractivity contribution is 7.92. The minimum atomic E-state index is -3.69. The van der Waals surface area contributed by atoms with Gasteiger partial charge in [0.05, 0.1) is 17.5 Å². The van der Waals surface area contributed by atoms with Gasteiger partial charge in [0.25, 0.3) is 0 Å². The van der Waals surface area contributed by atoms with Gasteiger partial charge in [-0.1, -0.05) is 25.1 Å². The highest BCUT2D eigenvalue weighted by Gasteiger charge is 2.60. The fraction of sp³-hybridized carbons (Fsp3) is 0.562. The van der Waals surface area contributed by atoms with Crippen molar-refractivity contribution in [3.8, 4) is 0 Å². The van der Waals surface area contributed by atoms with E-state index in [1.165, 1.54) is 0 Å². The number of nitrogens with zero attached hydrogens (tertiary/aromatic N) is 1. The molecule has 0 spiro atoms. The largest absolute Gasteiger partial charge is 0.354 e. The maximum atomic E-state index is 13.0. The van der Waals surface area contributed by atoms with Gasteiger partial charge in [-0.3, -0.25) is 4.79 Å². The molecule has 120 valence electrons. The number of hydrogen-bond donors (Lipinski definition) is 0. The van der Waals surface area contributed by atoms with Crippen molar-refractivity contribution in [2.45, 2.75) is 49.1 Å². The molecule has 3 rings (SSSR count). The summed E-state index contributed by atoms with van der Waals surface area (Å²) < 4.78 is 31.6. The second kappa shape index (κ2) is 5.06. The van der Waals surface area contributed by atoms with Crippen molar-refractivity contribution in [3.63, 3.8) is 0 Å². The first-order valence-electron chi connectivity index (χ1n) is 7.57. The number of sulfone groups is 1. The Hall–Kier alpha value is -1.40. The molecule has 6 heteroatoms. The second-order valence-electron chi connectivity index (χ2n) is 6.38. The minimum absolute atomic E-state index is 0.156. The van der Waals surface area contributed by atoms with E-state index >= 15 is 0 Å². The minimum Gasteiger partial charge on any atom is -0.354 e. The highest BCUT2D eigenvalue weighted by atomic mass is 32.2. The molecular weight excluding hydrogens is 302 g/mol. The zero-order chi connectivity index (χ0) is 16.1. The first-order chi connectivity index (χ1) is 10.3. The molecule has 3 atom stereocenters. The lowest BCUT2D eigenvalue weighted by molar-refractivity contribution is -0.141. The van der Waals surface area contributed by atoms with Gasteiger partial charge in [0.15, 0.2) is 9.84 Å². The molecule has 0 N–H and O–H groups in total. The summed E-state index contributed by atoms with van der Waals surface area (Å²) in [5.41, 5.74) is -0.740. The standard InChI is InChI=1S/C16H21NO4S/c1-4-12-13-10-21-16(2,3)17(13)15(18)14(12)22(19,20)11-8-6-5-7-9-11/h5-9,12-14H,4,10H2,1-3H3/t12-,13-,14+/m1/s1. The molecule has 0 radical (unpaired) electrons. The topological polar surface area (TPSA) is 63.7 Å². The number of benzene rings is 1. The first kappa shape index (κ1) is 15.5. The highest BCUT2D eigenvalue weighted by Crippen LogP contribution is 2.43. The van der Waals surface area contributed by atoms with E-state index in [1.807, 2.05) is 20.8 Å². The Balaban J connectivity index is 2.06. The number of rotatable bonds is 3. The van der Waals surface area contributed by atoms with Crippen LogP contribution >= 0.6 is 0 Å². The van der Waals surface area contributed by atoms with Gasteiger partial charge >= 0.3 is 0 Å². The molecule has 22 heavy (non-hydrogen) atoms. The molecule has 2 saturated heterocycles. The van der Waals surface area contributed by atoms with E-state index in [2.05, 4.69) is 0 Å². The van der Waals surface area contributed by atoms with Crippen LogP contribution < -0.4 is 0 Å². The number of amides is 1. The van der Waals surface area contributed by atoms with Gasteiger partial charge in [-0.25, -0.2) is 8.42 Å². The van der Waals surface area contributed by atoms with Gasteiger partial charge in [-0.15, -0.1) is 0 Å². The summed E-state index contributed by atoms with van der Waals surface area (Å²) in [6, 6.07) is 8.09. The van der Waals surface area contributed by atoms with E-state index in [0.29, 0.717) is 13.0 Å². The van der Waals surface area contributed by atoms with Gasteiger partial charge in [0.1, 0.15) is 11.0 Å². The summed E-state index contributed by atoms with van der Waals surface area (Å²) in [6.45, 7) is 5.96. The average Bonchev–Trinajstić information content (AvgIpc) is 2.96. The molecule has 5 nitrogen and oxygen atoms in total. The third-order valence-corrected chi connectivity index (χ3v) is 6.91. The van der Waals surface area contributed by atoms with Crippen LogP contribution in [0.1, 0.15) is 27.2 Å². The maximum Gasteiger partial charge on any atom is 0.244 e. The quantitative estimate of drug-likeness (QED) is 0.851. The Labute approximate surface area is 131 Å². The first-order valence-corrected chi connectivity index (χ1v) is 9.11. The number of hydrogen-bond acceptors (Lipinski definition) is 4. The third-order valence-electron chi connectivity index (χ3n) is 4.76. The molecule has 2 aliphatic heterocycles. The van der Waals surface area contributed by atoms with Crippen LogP contribution in [0.5, 0.6) is 0 Å². The SMILES string of the molecule is CC[C@@H]1[C@H]2COC(C)(C)N2C(=O)[C@H]1S(=O)(=O)c1ccccc1. The van der Waals surface area contributed by atoms with Crippen molar-refractivity contribution in [3.05, 3.63) is 30.3 Å². The van der Waals surface area contributed by atoms with Gasteiger partial charge in [0, 0.05) is 5.92 Å². The predicted octanol–water partition coefficient (Wildman–Crippen LogP) is 1.83. The monoisotopic (exact) mass is 323 g/mol. The number of carbonyl (C=O) groups excluding carboxylic acids is 1. The molecule has 0 aliphatic carbocycles. The number of fused-ring (bicyclic) bond motifs is 1. The van der Waals surface area contributed by atoms with Gasteiger partial charge < -0.3 is 9.64 Å². The lowest BCUT2D eigenvalue weighted by atomic mass is 9.98. The van der Waals surface area contributed by atoms with Crippen LogP contribution in [0.3, 0.4) is 0 Å². The van der Waals surface area contributed by atoms with Crippen molar-refractivity contribution in [2.75, 3.05) is 6.61 Å². The molecule has 0 unspecified atom stereocenters. The molecule has 0 saturated carbocycles. The molecule has 0 bridgehead atoms. The third kappa shape index (κ3) is 2.08. The lowest BCUT2D eigenvalue weighted by Crippen LogP contribution is -2.46. The van der Waals surface area contributed by atoms with Crippen LogP contribution in [0.15, 0.2) is 35.2 Å². The van der Waals surface area contributed by atoms with Crippen LogP contribution in [-0.4, -0.2) is 42.8 Å². The van der Waals surface area contributed by atoms with Gasteiger partial charge in [0.2, 0.25) is 5.91 Å². The van der Waals surface area contributed by atoms with Crippen LogP contribution in [0, 0.1) is 5.92 Å². The van der Waals surface area contributed by atoms with E-state index in [9.17, 15) is 13.2 Å². The molecule has 1 amide bonds. The van der Waals surface area contributed by atoms with Gasteiger partial charge in [-0.05, 0) is 32.4 Å². The zero-order valence-corrected chi connectivity index (χ0v) is 13.8. The van der Waals surface area contributed by atoms with E-state index in [-0.39, 0.29) is 22.8 Å². The molecule has 1 aromatic rings. The van der Waals surface area contributed by atoms with E-state index in [4.69, 9.17) is 4.74 Å². The Morgan fingerprint density at radius 2 is 1.91 bits per heavy atom. The summed E-state index contributed by atoms with van der Waals surface area (Å²) in [7, 11) is -3.69. The molecular formula is C16H21NO4S. The lowest BCUT2D eigenvalue weighted by Gasteiger charge is -2.29.